The lowest BCUT2D eigenvalue weighted by molar-refractivity contribution is -0.132. The Labute approximate surface area is 131 Å². The zero-order valence-corrected chi connectivity index (χ0v) is 12.5. The van der Waals surface area contributed by atoms with Crippen LogP contribution in [0.5, 0.6) is 0 Å². The first-order valence-electron chi connectivity index (χ1n) is 6.80. The number of amides is 3. The van der Waals surface area contributed by atoms with Gasteiger partial charge in [0.05, 0.1) is 26.2 Å². The van der Waals surface area contributed by atoms with Crippen molar-refractivity contribution in [1.29, 1.82) is 0 Å². The summed E-state index contributed by atoms with van der Waals surface area (Å²) in [5.74, 6) is -0.603. The number of carbonyl (C=O) groups excluding carboxylic acids is 3. The van der Waals surface area contributed by atoms with Crippen molar-refractivity contribution in [2.45, 2.75) is 19.0 Å². The van der Waals surface area contributed by atoms with Gasteiger partial charge in [-0.25, -0.2) is 9.59 Å². The van der Waals surface area contributed by atoms with Crippen molar-refractivity contribution in [3.63, 3.8) is 0 Å². The van der Waals surface area contributed by atoms with Crippen molar-refractivity contribution in [1.82, 2.24) is 10.2 Å². The standard InChI is InChI=1S/C15H14N2O6/c1-15(11-4-3-6-23-11)13(19)17(14(20)16-15)8-10-9(5-7-22-10)12(18)21-2/h3-7H,8H2,1-2H3,(H,16,20). The molecule has 0 aliphatic carbocycles. The molecule has 2 aromatic heterocycles. The number of hydrogen-bond acceptors (Lipinski definition) is 6. The van der Waals surface area contributed by atoms with Gasteiger partial charge in [-0.1, -0.05) is 0 Å². The first-order chi connectivity index (χ1) is 11.0. The summed E-state index contributed by atoms with van der Waals surface area (Å²) in [4.78, 5) is 37.4. The van der Waals surface area contributed by atoms with Gasteiger partial charge >= 0.3 is 12.0 Å². The highest BCUT2D eigenvalue weighted by atomic mass is 16.5. The van der Waals surface area contributed by atoms with Gasteiger partial charge in [-0.2, -0.15) is 0 Å². The van der Waals surface area contributed by atoms with Gasteiger partial charge < -0.3 is 18.9 Å². The highest BCUT2D eigenvalue weighted by molar-refractivity contribution is 6.07. The van der Waals surface area contributed by atoms with Crippen LogP contribution in [-0.2, 0) is 21.6 Å². The van der Waals surface area contributed by atoms with E-state index < -0.39 is 23.4 Å². The number of nitrogens with zero attached hydrogens (tertiary/aromatic N) is 1. The zero-order chi connectivity index (χ0) is 16.6. The Hall–Kier alpha value is -3.03. The smallest absolute Gasteiger partial charge is 0.341 e. The molecule has 0 spiro atoms. The van der Waals surface area contributed by atoms with Crippen molar-refractivity contribution in [2.75, 3.05) is 7.11 Å². The summed E-state index contributed by atoms with van der Waals surface area (Å²) in [6, 6.07) is 4.06. The van der Waals surface area contributed by atoms with Crippen molar-refractivity contribution in [3.05, 3.63) is 47.8 Å². The van der Waals surface area contributed by atoms with Crippen LogP contribution in [0.15, 0.2) is 39.6 Å². The van der Waals surface area contributed by atoms with Gasteiger partial charge in [-0.15, -0.1) is 0 Å². The topological polar surface area (TPSA) is 102 Å². The molecule has 1 fully saturated rings. The average molecular weight is 318 g/mol. The number of furan rings is 2. The number of esters is 1. The summed E-state index contributed by atoms with van der Waals surface area (Å²) in [6.45, 7) is 1.37. The molecule has 1 aliphatic rings. The molecule has 2 aromatic rings. The van der Waals surface area contributed by atoms with Crippen molar-refractivity contribution >= 4 is 17.9 Å². The molecule has 1 saturated heterocycles. The van der Waals surface area contributed by atoms with Gasteiger partial charge in [0.15, 0.2) is 5.54 Å². The zero-order valence-electron chi connectivity index (χ0n) is 12.5. The summed E-state index contributed by atoms with van der Waals surface area (Å²) in [6.07, 6.45) is 2.72. The fourth-order valence-corrected chi connectivity index (χ4v) is 2.47. The largest absolute Gasteiger partial charge is 0.467 e. The molecule has 1 atom stereocenters. The second-order valence-corrected chi connectivity index (χ2v) is 5.17. The highest BCUT2D eigenvalue weighted by Gasteiger charge is 2.51. The minimum Gasteiger partial charge on any atom is -0.467 e. The molecule has 120 valence electrons. The Bertz CT molecular complexity index is 763. The van der Waals surface area contributed by atoms with Crippen LogP contribution in [0.1, 0.15) is 28.8 Å². The Balaban J connectivity index is 1.88. The van der Waals surface area contributed by atoms with E-state index in [2.05, 4.69) is 10.1 Å². The van der Waals surface area contributed by atoms with E-state index in [1.165, 1.54) is 25.7 Å². The van der Waals surface area contributed by atoms with E-state index in [-0.39, 0.29) is 17.9 Å². The van der Waals surface area contributed by atoms with E-state index in [0.717, 1.165) is 4.90 Å². The van der Waals surface area contributed by atoms with Crippen molar-refractivity contribution in [2.24, 2.45) is 0 Å². The monoisotopic (exact) mass is 318 g/mol. The van der Waals surface area contributed by atoms with E-state index >= 15 is 0 Å². The van der Waals surface area contributed by atoms with Crippen LogP contribution in [0.25, 0.3) is 0 Å². The van der Waals surface area contributed by atoms with E-state index in [1.807, 2.05) is 0 Å². The molecule has 8 nitrogen and oxygen atoms in total. The molecule has 3 heterocycles. The molecular weight excluding hydrogens is 304 g/mol. The van der Waals surface area contributed by atoms with Gasteiger partial charge in [0.25, 0.3) is 5.91 Å². The van der Waals surface area contributed by atoms with Crippen molar-refractivity contribution < 1.29 is 28.0 Å². The van der Waals surface area contributed by atoms with Crippen LogP contribution < -0.4 is 5.32 Å². The van der Waals surface area contributed by atoms with Crippen LogP contribution in [0.3, 0.4) is 0 Å². The van der Waals surface area contributed by atoms with Crippen LogP contribution in [0, 0.1) is 0 Å². The van der Waals surface area contributed by atoms with Gasteiger partial charge in [0.1, 0.15) is 17.1 Å². The first kappa shape index (κ1) is 14.9. The van der Waals surface area contributed by atoms with Crippen molar-refractivity contribution in [3.8, 4) is 0 Å². The molecule has 3 amide bonds. The second kappa shape index (κ2) is 5.31. The maximum Gasteiger partial charge on any atom is 0.341 e. The molecule has 3 rings (SSSR count). The summed E-state index contributed by atoms with van der Waals surface area (Å²) < 4.78 is 15.1. The number of imide groups is 1. The van der Waals surface area contributed by atoms with E-state index in [4.69, 9.17) is 8.83 Å². The molecule has 8 heteroatoms. The summed E-state index contributed by atoms with van der Waals surface area (Å²) in [5.41, 5.74) is -1.13. The van der Waals surface area contributed by atoms with Gasteiger partial charge in [-0.05, 0) is 25.1 Å². The predicted molar refractivity (Wildman–Crippen MR) is 75.2 cm³/mol. The normalized spacial score (nSPS) is 20.7. The molecule has 0 aromatic carbocycles. The molecule has 1 unspecified atom stereocenters. The number of ether oxygens (including phenoxy) is 1. The second-order valence-electron chi connectivity index (χ2n) is 5.17. The first-order valence-corrected chi connectivity index (χ1v) is 6.80. The highest BCUT2D eigenvalue weighted by Crippen LogP contribution is 2.30. The Morgan fingerprint density at radius 2 is 2.09 bits per heavy atom. The molecule has 0 bridgehead atoms. The molecule has 1 aliphatic heterocycles. The minimum atomic E-state index is -1.29. The summed E-state index contributed by atoms with van der Waals surface area (Å²) >= 11 is 0. The number of rotatable bonds is 4. The third-order valence-electron chi connectivity index (χ3n) is 3.74. The number of methoxy groups -OCH3 is 1. The molecule has 1 N–H and O–H groups in total. The predicted octanol–water partition coefficient (Wildman–Crippen LogP) is 1.63. The summed E-state index contributed by atoms with van der Waals surface area (Å²) in [7, 11) is 1.24. The average Bonchev–Trinajstić information content (AvgIpc) is 3.25. The van der Waals surface area contributed by atoms with E-state index in [9.17, 15) is 14.4 Å². The number of carbonyl (C=O) groups is 3. The fraction of sp³-hybridized carbons (Fsp3) is 0.267. The van der Waals surface area contributed by atoms with Crippen LogP contribution >= 0.6 is 0 Å². The Kier molecular flexibility index (Phi) is 3.44. The van der Waals surface area contributed by atoms with Crippen LogP contribution in [0.2, 0.25) is 0 Å². The maximum atomic E-state index is 12.6. The number of nitrogens with one attached hydrogen (secondary N) is 1. The summed E-state index contributed by atoms with van der Waals surface area (Å²) in [5, 5.41) is 2.59. The lowest BCUT2D eigenvalue weighted by atomic mass is 9.99. The van der Waals surface area contributed by atoms with E-state index in [1.54, 1.807) is 19.1 Å². The lowest BCUT2D eigenvalue weighted by Gasteiger charge is -2.18. The fourth-order valence-electron chi connectivity index (χ4n) is 2.47. The lowest BCUT2D eigenvalue weighted by Crippen LogP contribution is -2.40. The molecular formula is C15H14N2O6. The Morgan fingerprint density at radius 1 is 1.30 bits per heavy atom. The quantitative estimate of drug-likeness (QED) is 0.679. The minimum absolute atomic E-state index is 0.166. The SMILES string of the molecule is COC(=O)c1ccoc1CN1C(=O)NC(C)(c2ccco2)C1=O. The van der Waals surface area contributed by atoms with Crippen LogP contribution in [-0.4, -0.2) is 29.9 Å². The number of hydrogen-bond donors (Lipinski definition) is 1. The van der Waals surface area contributed by atoms with Crippen LogP contribution in [0.4, 0.5) is 4.79 Å². The molecule has 0 radical (unpaired) electrons. The van der Waals surface area contributed by atoms with Gasteiger partial charge in [-0.3, -0.25) is 9.69 Å². The third-order valence-corrected chi connectivity index (χ3v) is 3.74. The number of urea groups is 1. The molecule has 0 saturated carbocycles. The molecule has 23 heavy (non-hydrogen) atoms. The van der Waals surface area contributed by atoms with Gasteiger partial charge in [0.2, 0.25) is 0 Å². The maximum absolute atomic E-state index is 12.6. The van der Waals surface area contributed by atoms with Gasteiger partial charge in [0, 0.05) is 0 Å². The third kappa shape index (κ3) is 2.28. The Morgan fingerprint density at radius 3 is 2.74 bits per heavy atom. The van der Waals surface area contributed by atoms with E-state index in [0.29, 0.717) is 5.76 Å².